The highest BCUT2D eigenvalue weighted by atomic mass is 32.2. The predicted octanol–water partition coefficient (Wildman–Crippen LogP) is 5.38. The molecule has 1 amide bonds. The summed E-state index contributed by atoms with van der Waals surface area (Å²) in [5, 5.41) is 3.55. The Labute approximate surface area is 204 Å². The second-order valence-electron chi connectivity index (χ2n) is 9.21. The number of carbonyl (C=O) groups excluding carboxylic acids is 1. The van der Waals surface area contributed by atoms with Crippen molar-refractivity contribution in [1.82, 2.24) is 14.3 Å². The van der Waals surface area contributed by atoms with Gasteiger partial charge in [-0.15, -0.1) is 0 Å². The summed E-state index contributed by atoms with van der Waals surface area (Å²) in [6.45, 7) is 6.99. The minimum absolute atomic E-state index is 0.118. The van der Waals surface area contributed by atoms with Crippen LogP contribution in [0.3, 0.4) is 0 Å². The third kappa shape index (κ3) is 5.17. The number of anilines is 1. The van der Waals surface area contributed by atoms with Crippen molar-refractivity contribution < 1.29 is 4.79 Å². The van der Waals surface area contributed by atoms with Crippen LogP contribution in [0.1, 0.15) is 69.9 Å². The summed E-state index contributed by atoms with van der Waals surface area (Å²) in [6.07, 6.45) is 10.9. The molecule has 3 heterocycles. The maximum Gasteiger partial charge on any atom is 0.267 e. The molecule has 1 aliphatic heterocycles. The van der Waals surface area contributed by atoms with Crippen LogP contribution < -0.4 is 10.9 Å². The monoisotopic (exact) mass is 484 g/mol. The molecular formula is C25H32N4O2S2. The van der Waals surface area contributed by atoms with Gasteiger partial charge in [0.05, 0.1) is 10.5 Å². The fourth-order valence-corrected chi connectivity index (χ4v) is 5.78. The molecule has 4 rings (SSSR count). The first-order chi connectivity index (χ1) is 15.9. The minimum atomic E-state index is -0.174. The normalized spacial score (nSPS) is 22.5. The van der Waals surface area contributed by atoms with Crippen molar-refractivity contribution in [3.8, 4) is 0 Å². The van der Waals surface area contributed by atoms with E-state index in [0.717, 1.165) is 56.4 Å². The molecule has 2 aromatic rings. The lowest BCUT2D eigenvalue weighted by Crippen LogP contribution is -2.30. The lowest BCUT2D eigenvalue weighted by molar-refractivity contribution is -0.122. The molecule has 2 aromatic heterocycles. The summed E-state index contributed by atoms with van der Waals surface area (Å²) < 4.78 is 2.12. The Kier molecular flexibility index (Phi) is 7.54. The van der Waals surface area contributed by atoms with E-state index in [2.05, 4.69) is 19.2 Å². The van der Waals surface area contributed by atoms with Gasteiger partial charge in [0.25, 0.3) is 11.5 Å². The lowest BCUT2D eigenvalue weighted by atomic mass is 9.87. The van der Waals surface area contributed by atoms with Gasteiger partial charge in [0, 0.05) is 18.8 Å². The summed E-state index contributed by atoms with van der Waals surface area (Å²) in [7, 11) is 0. The van der Waals surface area contributed by atoms with Crippen LogP contribution in [-0.2, 0) is 4.79 Å². The number of amides is 1. The standard InChI is InChI=1S/C25H32N4O2S2/c1-4-5-6-13-29-24(31)20(33-25(29)32)15-19-21(26-18-11-9-16(2)10-12-18)27-22-17(3)8-7-14-28(22)23(19)30/h7-8,14-16,18,26H,4-6,9-13H2,1-3H3/b20-15+. The van der Waals surface area contributed by atoms with Crippen LogP contribution in [0, 0.1) is 12.8 Å². The SMILES string of the molecule is CCCCCN1C(=O)/C(=C\c2c(NC3CCC(C)CC3)nc3c(C)cccn3c2=O)SC1=S. The molecule has 1 saturated heterocycles. The predicted molar refractivity (Wildman–Crippen MR) is 141 cm³/mol. The van der Waals surface area contributed by atoms with Crippen molar-refractivity contribution in [3.05, 3.63) is 44.7 Å². The molecule has 0 atom stereocenters. The highest BCUT2D eigenvalue weighted by Gasteiger charge is 2.32. The smallest absolute Gasteiger partial charge is 0.267 e. The van der Waals surface area contributed by atoms with Crippen molar-refractivity contribution in [2.75, 3.05) is 11.9 Å². The third-order valence-electron chi connectivity index (χ3n) is 6.58. The van der Waals surface area contributed by atoms with Crippen LogP contribution in [-0.4, -0.2) is 37.1 Å². The fourth-order valence-electron chi connectivity index (χ4n) is 4.49. The van der Waals surface area contributed by atoms with E-state index in [1.54, 1.807) is 21.6 Å². The van der Waals surface area contributed by atoms with Crippen LogP contribution in [0.2, 0.25) is 0 Å². The molecule has 33 heavy (non-hydrogen) atoms. The largest absolute Gasteiger partial charge is 0.367 e. The molecule has 0 spiro atoms. The van der Waals surface area contributed by atoms with Gasteiger partial charge in [-0.25, -0.2) is 4.98 Å². The number of nitrogens with one attached hydrogen (secondary N) is 1. The topological polar surface area (TPSA) is 66.7 Å². The average Bonchev–Trinajstić information content (AvgIpc) is 3.06. The molecule has 176 valence electrons. The number of thioether (sulfide) groups is 1. The van der Waals surface area contributed by atoms with Gasteiger partial charge in [0.2, 0.25) is 0 Å². The van der Waals surface area contributed by atoms with Gasteiger partial charge in [-0.3, -0.25) is 18.9 Å². The Bertz CT molecular complexity index is 1150. The molecule has 0 aromatic carbocycles. The first-order valence-electron chi connectivity index (χ1n) is 11.9. The van der Waals surface area contributed by atoms with E-state index in [9.17, 15) is 9.59 Å². The van der Waals surface area contributed by atoms with Crippen molar-refractivity contribution in [1.29, 1.82) is 0 Å². The molecule has 1 aliphatic carbocycles. The second-order valence-corrected chi connectivity index (χ2v) is 10.9. The zero-order valence-corrected chi connectivity index (χ0v) is 21.2. The van der Waals surface area contributed by atoms with E-state index in [4.69, 9.17) is 17.2 Å². The Balaban J connectivity index is 1.72. The highest BCUT2D eigenvalue weighted by Crippen LogP contribution is 2.34. The number of thiocarbonyl (C=S) groups is 1. The summed E-state index contributed by atoms with van der Waals surface area (Å²) in [4.78, 5) is 33.6. The van der Waals surface area contributed by atoms with Gasteiger partial charge in [-0.2, -0.15) is 0 Å². The van der Waals surface area contributed by atoms with E-state index in [0.29, 0.717) is 32.8 Å². The second kappa shape index (κ2) is 10.4. The quantitative estimate of drug-likeness (QED) is 0.323. The molecule has 6 nitrogen and oxygen atoms in total. The number of hydrogen-bond acceptors (Lipinski definition) is 6. The number of fused-ring (bicyclic) bond motifs is 1. The summed E-state index contributed by atoms with van der Waals surface area (Å²) in [5.74, 6) is 1.17. The molecule has 0 bridgehead atoms. The Morgan fingerprint density at radius 3 is 2.73 bits per heavy atom. The average molecular weight is 485 g/mol. The summed E-state index contributed by atoms with van der Waals surface area (Å²) in [6, 6.07) is 4.07. The van der Waals surface area contributed by atoms with Crippen LogP contribution in [0.4, 0.5) is 5.82 Å². The maximum absolute atomic E-state index is 13.5. The highest BCUT2D eigenvalue weighted by molar-refractivity contribution is 8.26. The molecule has 2 fully saturated rings. The van der Waals surface area contributed by atoms with E-state index < -0.39 is 0 Å². The number of unbranched alkanes of at least 4 members (excludes halogenated alkanes) is 2. The zero-order chi connectivity index (χ0) is 23.5. The first kappa shape index (κ1) is 24.0. The molecule has 1 N–H and O–H groups in total. The molecule has 8 heteroatoms. The minimum Gasteiger partial charge on any atom is -0.367 e. The van der Waals surface area contributed by atoms with Gasteiger partial charge < -0.3 is 5.32 Å². The van der Waals surface area contributed by atoms with Gasteiger partial charge in [0.15, 0.2) is 0 Å². The fraction of sp³-hybridized carbons (Fsp3) is 0.520. The summed E-state index contributed by atoms with van der Waals surface area (Å²) >= 11 is 6.75. The molecule has 1 saturated carbocycles. The van der Waals surface area contributed by atoms with Crippen molar-refractivity contribution in [2.24, 2.45) is 5.92 Å². The number of nitrogens with zero attached hydrogens (tertiary/aromatic N) is 3. The molecule has 2 aliphatic rings. The van der Waals surface area contributed by atoms with E-state index >= 15 is 0 Å². The molecule has 0 unspecified atom stereocenters. The number of rotatable bonds is 7. The number of hydrogen-bond donors (Lipinski definition) is 1. The number of aromatic nitrogens is 2. The van der Waals surface area contributed by atoms with Gasteiger partial charge >= 0.3 is 0 Å². The van der Waals surface area contributed by atoms with Crippen LogP contribution in [0.25, 0.3) is 11.7 Å². The van der Waals surface area contributed by atoms with Gasteiger partial charge in [-0.1, -0.05) is 56.7 Å². The molecule has 0 radical (unpaired) electrons. The van der Waals surface area contributed by atoms with Crippen molar-refractivity contribution in [2.45, 2.75) is 71.8 Å². The van der Waals surface area contributed by atoms with E-state index in [-0.39, 0.29) is 17.5 Å². The van der Waals surface area contributed by atoms with Crippen LogP contribution >= 0.6 is 24.0 Å². The Morgan fingerprint density at radius 2 is 2.00 bits per heavy atom. The van der Waals surface area contributed by atoms with Gasteiger partial charge in [-0.05, 0) is 62.7 Å². The third-order valence-corrected chi connectivity index (χ3v) is 7.95. The Morgan fingerprint density at radius 1 is 1.24 bits per heavy atom. The zero-order valence-electron chi connectivity index (χ0n) is 19.6. The van der Waals surface area contributed by atoms with Crippen LogP contribution in [0.5, 0.6) is 0 Å². The molecular weight excluding hydrogens is 452 g/mol. The van der Waals surface area contributed by atoms with E-state index in [1.807, 2.05) is 19.1 Å². The Hall–Kier alpha value is -2.19. The van der Waals surface area contributed by atoms with Crippen LogP contribution in [0.15, 0.2) is 28.0 Å². The lowest BCUT2D eigenvalue weighted by Gasteiger charge is -2.28. The van der Waals surface area contributed by atoms with Crippen molar-refractivity contribution in [3.63, 3.8) is 0 Å². The van der Waals surface area contributed by atoms with E-state index in [1.165, 1.54) is 11.8 Å². The number of carbonyl (C=O) groups is 1. The number of pyridine rings is 1. The van der Waals surface area contributed by atoms with Gasteiger partial charge in [0.1, 0.15) is 15.8 Å². The summed E-state index contributed by atoms with van der Waals surface area (Å²) in [5.41, 5.74) is 1.82. The van der Waals surface area contributed by atoms with Crippen molar-refractivity contribution >= 4 is 51.7 Å². The maximum atomic E-state index is 13.5. The number of aryl methyl sites for hydroxylation is 1. The first-order valence-corrected chi connectivity index (χ1v) is 13.2.